The van der Waals surface area contributed by atoms with Crippen LogP contribution in [0.2, 0.25) is 5.02 Å². The van der Waals surface area contributed by atoms with Crippen LogP contribution in [-0.2, 0) is 16.1 Å². The largest absolute Gasteiger partial charge is 0.337 e. The Balaban J connectivity index is 1.55. The first-order chi connectivity index (χ1) is 21.7. The van der Waals surface area contributed by atoms with Gasteiger partial charge >= 0.3 is 0 Å². The zero-order chi connectivity index (χ0) is 32.3. The van der Waals surface area contributed by atoms with Crippen LogP contribution in [-0.4, -0.2) is 43.9 Å². The zero-order valence-corrected chi connectivity index (χ0v) is 25.6. The highest BCUT2D eigenvalue weighted by Gasteiger charge is 2.23. The molecule has 0 aliphatic heterocycles. The van der Waals surface area contributed by atoms with Crippen molar-refractivity contribution in [2.75, 3.05) is 24.4 Å². The molecule has 0 fully saturated rings. The molecule has 0 saturated carbocycles. The van der Waals surface area contributed by atoms with Crippen molar-refractivity contribution in [2.45, 2.75) is 12.6 Å². The molecule has 4 N–H and O–H groups in total. The molecule has 1 unspecified atom stereocenters. The van der Waals surface area contributed by atoms with Gasteiger partial charge in [0.15, 0.2) is 0 Å². The Bertz CT molecular complexity index is 1730. The molecule has 0 bridgehead atoms. The molecule has 4 aromatic rings. The molecule has 4 rings (SSSR count). The summed E-state index contributed by atoms with van der Waals surface area (Å²) in [5.41, 5.74) is 4.11. The van der Waals surface area contributed by atoms with Crippen LogP contribution in [0.25, 0.3) is 17.2 Å². The Labute approximate surface area is 266 Å². The van der Waals surface area contributed by atoms with Crippen molar-refractivity contribution in [3.8, 4) is 11.1 Å². The number of benzene rings is 4. The van der Waals surface area contributed by atoms with Gasteiger partial charge in [-0.05, 0) is 72.8 Å². The van der Waals surface area contributed by atoms with Gasteiger partial charge in [-0.15, -0.1) is 5.10 Å². The number of nitrogens with zero attached hydrogens (tertiary/aromatic N) is 4. The van der Waals surface area contributed by atoms with Gasteiger partial charge < -0.3 is 15.5 Å². The van der Waals surface area contributed by atoms with Crippen LogP contribution >= 0.6 is 11.6 Å². The van der Waals surface area contributed by atoms with Gasteiger partial charge in [-0.25, -0.2) is 10.2 Å². The number of amides is 2. The summed E-state index contributed by atoms with van der Waals surface area (Å²) in [5.74, 6) is 4.22. The third-order valence-corrected chi connectivity index (χ3v) is 6.90. The van der Waals surface area contributed by atoms with Crippen LogP contribution in [0.15, 0.2) is 107 Å². The van der Waals surface area contributed by atoms with Gasteiger partial charge in [-0.2, -0.15) is 5.10 Å². The highest BCUT2D eigenvalue weighted by Crippen LogP contribution is 2.29. The Morgan fingerprint density at radius 2 is 1.76 bits per heavy atom. The monoisotopic (exact) mass is 625 g/mol. The summed E-state index contributed by atoms with van der Waals surface area (Å²) in [5, 5.41) is 14.0. The summed E-state index contributed by atoms with van der Waals surface area (Å²) in [4.78, 5) is 28.6. The van der Waals surface area contributed by atoms with Gasteiger partial charge in [0.2, 0.25) is 5.91 Å². The van der Waals surface area contributed by atoms with E-state index in [4.69, 9.17) is 17.4 Å². The number of nitrogens with two attached hydrogens (primary N) is 1. The molecule has 2 amide bonds. The molecule has 0 spiro atoms. The van der Waals surface area contributed by atoms with Crippen LogP contribution in [0, 0.1) is 5.82 Å². The first-order valence-corrected chi connectivity index (χ1v) is 14.2. The molecular weight excluding hydrogens is 593 g/mol. The van der Waals surface area contributed by atoms with E-state index < -0.39 is 23.7 Å². The topological polar surface area (TPSA) is 115 Å². The summed E-state index contributed by atoms with van der Waals surface area (Å²) in [7, 11) is 3.93. The highest BCUT2D eigenvalue weighted by atomic mass is 35.5. The molecule has 0 saturated heterocycles. The van der Waals surface area contributed by atoms with Gasteiger partial charge in [-0.1, -0.05) is 72.3 Å². The van der Waals surface area contributed by atoms with E-state index in [1.165, 1.54) is 35.6 Å². The maximum absolute atomic E-state index is 15.4. The van der Waals surface area contributed by atoms with Gasteiger partial charge in [0, 0.05) is 29.9 Å². The number of hydrogen-bond acceptors (Lipinski definition) is 6. The molecule has 11 heteroatoms. The first kappa shape index (κ1) is 32.7. The lowest BCUT2D eigenvalue weighted by Gasteiger charge is -2.19. The van der Waals surface area contributed by atoms with E-state index in [-0.39, 0.29) is 5.69 Å². The van der Waals surface area contributed by atoms with Crippen molar-refractivity contribution >= 4 is 53.9 Å². The Hall–Kier alpha value is -5.16. The molecule has 9 nitrogen and oxygen atoms in total. The first-order valence-electron chi connectivity index (χ1n) is 13.9. The number of rotatable bonds is 12. The lowest BCUT2D eigenvalue weighted by Crippen LogP contribution is -2.36. The van der Waals surface area contributed by atoms with E-state index in [0.717, 1.165) is 11.1 Å². The van der Waals surface area contributed by atoms with Crippen LogP contribution in [0.1, 0.15) is 22.7 Å². The average molecular weight is 626 g/mol. The number of nitrogens with one attached hydrogen (secondary N) is 2. The summed E-state index contributed by atoms with van der Waals surface area (Å²) in [6.45, 7) is 3.96. The second-order valence-electron chi connectivity index (χ2n) is 10.2. The van der Waals surface area contributed by atoms with Crippen molar-refractivity contribution in [3.63, 3.8) is 0 Å². The fourth-order valence-electron chi connectivity index (χ4n) is 4.62. The second-order valence-corrected chi connectivity index (χ2v) is 10.7. The number of carbonyl (C=O) groups is 2. The predicted octanol–water partition coefficient (Wildman–Crippen LogP) is 6.04. The van der Waals surface area contributed by atoms with E-state index >= 15 is 4.39 Å². The summed E-state index contributed by atoms with van der Waals surface area (Å²) >= 11 is 6.17. The van der Waals surface area contributed by atoms with E-state index in [2.05, 4.69) is 27.6 Å². The third-order valence-electron chi connectivity index (χ3n) is 6.66. The molecule has 0 aliphatic rings. The quantitative estimate of drug-likeness (QED) is 0.0584. The van der Waals surface area contributed by atoms with Crippen molar-refractivity contribution < 1.29 is 14.0 Å². The summed E-state index contributed by atoms with van der Waals surface area (Å²) in [6, 6.07) is 24.9. The highest BCUT2D eigenvalue weighted by molar-refractivity contribution is 6.30. The molecule has 1 atom stereocenters. The summed E-state index contributed by atoms with van der Waals surface area (Å²) in [6.07, 6.45) is 3.99. The lowest BCUT2D eigenvalue weighted by molar-refractivity contribution is -0.124. The van der Waals surface area contributed by atoms with Gasteiger partial charge in [0.25, 0.3) is 5.91 Å². The average Bonchev–Trinajstić information content (AvgIpc) is 3.02. The zero-order valence-electron chi connectivity index (χ0n) is 24.8. The fraction of sp³-hybridized carbons (Fsp3) is 0.118. The van der Waals surface area contributed by atoms with Crippen molar-refractivity contribution in [3.05, 3.63) is 125 Å². The molecule has 4 aromatic carbocycles. The molecule has 0 aromatic heterocycles. The Morgan fingerprint density at radius 3 is 2.47 bits per heavy atom. The molecule has 0 radical (unpaired) electrons. The van der Waals surface area contributed by atoms with Gasteiger partial charge in [0.05, 0.1) is 11.4 Å². The SMILES string of the molecule is C=N/N=C\N(N)c1ccc(Cl)cc1/C=C/C(=O)NC(C(=O)Nc1ccc(-c2ccccc2CN(C)C)cc1F)c1ccccc1. The minimum atomic E-state index is -1.13. The summed E-state index contributed by atoms with van der Waals surface area (Å²) < 4.78 is 15.4. The van der Waals surface area contributed by atoms with Crippen LogP contribution < -0.4 is 21.5 Å². The number of halogens is 2. The predicted molar refractivity (Wildman–Crippen MR) is 180 cm³/mol. The van der Waals surface area contributed by atoms with E-state index in [1.54, 1.807) is 54.6 Å². The van der Waals surface area contributed by atoms with Crippen molar-refractivity contribution in [2.24, 2.45) is 16.0 Å². The number of carbonyl (C=O) groups excluding carboxylic acids is 2. The molecule has 230 valence electrons. The molecule has 0 aliphatic carbocycles. The van der Waals surface area contributed by atoms with Gasteiger partial charge in [-0.3, -0.25) is 14.6 Å². The standard InChI is InChI=1S/C34H33ClFN7O2/c1-38-39-22-43(37)31-17-15-27(35)19-25(31)14-18-32(44)41-33(23-9-5-4-6-10-23)34(45)40-30-16-13-24(20-29(30)36)28-12-8-7-11-26(28)21-42(2)3/h4-20,22,33H,1,21,37H2,2-3H3,(H,40,45)(H,41,44)/b18-14+,39-22-. The number of anilines is 2. The Morgan fingerprint density at radius 1 is 1.02 bits per heavy atom. The molecule has 0 heterocycles. The maximum atomic E-state index is 15.4. The number of hydrazine groups is 1. The van der Waals surface area contributed by atoms with Crippen LogP contribution in [0.4, 0.5) is 15.8 Å². The van der Waals surface area contributed by atoms with Gasteiger partial charge in [0.1, 0.15) is 18.2 Å². The van der Waals surface area contributed by atoms with Crippen molar-refractivity contribution in [1.82, 2.24) is 10.2 Å². The van der Waals surface area contributed by atoms with Crippen LogP contribution in [0.3, 0.4) is 0 Å². The smallest absolute Gasteiger partial charge is 0.251 e. The van der Waals surface area contributed by atoms with Crippen LogP contribution in [0.5, 0.6) is 0 Å². The number of hydrogen-bond donors (Lipinski definition) is 3. The Kier molecular flexibility index (Phi) is 11.3. The third kappa shape index (κ3) is 8.93. The van der Waals surface area contributed by atoms with E-state index in [1.807, 2.05) is 43.3 Å². The minimum Gasteiger partial charge on any atom is -0.337 e. The minimum absolute atomic E-state index is 0.0122. The van der Waals surface area contributed by atoms with E-state index in [9.17, 15) is 9.59 Å². The normalized spacial score (nSPS) is 12.0. The maximum Gasteiger partial charge on any atom is 0.251 e. The molecule has 45 heavy (non-hydrogen) atoms. The lowest BCUT2D eigenvalue weighted by atomic mass is 9.99. The second kappa shape index (κ2) is 15.5. The van der Waals surface area contributed by atoms with Crippen molar-refractivity contribution in [1.29, 1.82) is 0 Å². The van der Waals surface area contributed by atoms with E-state index in [0.29, 0.717) is 33.9 Å². The fourth-order valence-corrected chi connectivity index (χ4v) is 4.80. The molecular formula is C34H33ClFN7O2.